The fourth-order valence-corrected chi connectivity index (χ4v) is 2.05. The average Bonchev–Trinajstić information content (AvgIpc) is 2.51. The molecular formula is C16H13BrF2N2O2. The van der Waals surface area contributed by atoms with Crippen LogP contribution in [0, 0.1) is 11.6 Å². The predicted octanol–water partition coefficient (Wildman–Crippen LogP) is 3.49. The summed E-state index contributed by atoms with van der Waals surface area (Å²) in [6.07, 6.45) is 0.0151. The van der Waals surface area contributed by atoms with Crippen molar-refractivity contribution in [1.82, 2.24) is 5.32 Å². The van der Waals surface area contributed by atoms with E-state index in [0.717, 1.165) is 16.6 Å². The second-order valence-electron chi connectivity index (χ2n) is 4.69. The number of halogens is 3. The van der Waals surface area contributed by atoms with E-state index in [4.69, 9.17) is 0 Å². The molecule has 0 aliphatic heterocycles. The van der Waals surface area contributed by atoms with Crippen LogP contribution in [0.15, 0.2) is 46.9 Å². The second-order valence-corrected chi connectivity index (χ2v) is 5.61. The van der Waals surface area contributed by atoms with E-state index in [9.17, 15) is 18.4 Å². The Hall–Kier alpha value is -2.28. The zero-order chi connectivity index (χ0) is 16.8. The molecule has 0 radical (unpaired) electrons. The van der Waals surface area contributed by atoms with Crippen molar-refractivity contribution in [2.75, 3.05) is 11.9 Å². The van der Waals surface area contributed by atoms with Crippen LogP contribution in [0.25, 0.3) is 0 Å². The minimum Gasteiger partial charge on any atom is -0.352 e. The highest BCUT2D eigenvalue weighted by atomic mass is 79.9. The Bertz CT molecular complexity index is 721. The van der Waals surface area contributed by atoms with E-state index in [1.54, 1.807) is 24.3 Å². The quantitative estimate of drug-likeness (QED) is 0.831. The molecule has 7 heteroatoms. The zero-order valence-electron chi connectivity index (χ0n) is 11.9. The lowest BCUT2D eigenvalue weighted by molar-refractivity contribution is -0.116. The molecule has 23 heavy (non-hydrogen) atoms. The standard InChI is InChI=1S/C16H13BrF2N2O2/c17-11-3-1-10(2-4-11)16(23)20-8-7-15(22)21-12-5-6-13(18)14(19)9-12/h1-6,9H,7-8H2,(H,20,23)(H,21,22). The fraction of sp³-hybridized carbons (Fsp3) is 0.125. The Labute approximate surface area is 140 Å². The van der Waals surface area contributed by atoms with Gasteiger partial charge in [-0.15, -0.1) is 0 Å². The van der Waals surface area contributed by atoms with Gasteiger partial charge in [-0.25, -0.2) is 8.78 Å². The van der Waals surface area contributed by atoms with Crippen LogP contribution in [0.1, 0.15) is 16.8 Å². The van der Waals surface area contributed by atoms with Crippen molar-refractivity contribution in [2.45, 2.75) is 6.42 Å². The maximum absolute atomic E-state index is 13.0. The summed E-state index contributed by atoms with van der Waals surface area (Å²) >= 11 is 3.27. The summed E-state index contributed by atoms with van der Waals surface area (Å²) in [5.74, 6) is -2.72. The minimum atomic E-state index is -1.04. The van der Waals surface area contributed by atoms with Crippen molar-refractivity contribution >= 4 is 33.4 Å². The van der Waals surface area contributed by atoms with E-state index < -0.39 is 17.5 Å². The Morgan fingerprint density at radius 3 is 2.35 bits per heavy atom. The van der Waals surface area contributed by atoms with E-state index in [2.05, 4.69) is 26.6 Å². The molecule has 2 aromatic carbocycles. The van der Waals surface area contributed by atoms with Gasteiger partial charge in [0.2, 0.25) is 5.91 Å². The van der Waals surface area contributed by atoms with Gasteiger partial charge in [-0.05, 0) is 36.4 Å². The molecular weight excluding hydrogens is 370 g/mol. The summed E-state index contributed by atoms with van der Waals surface area (Å²) in [6, 6.07) is 9.88. The van der Waals surface area contributed by atoms with Crippen LogP contribution in [0.3, 0.4) is 0 Å². The highest BCUT2D eigenvalue weighted by Gasteiger charge is 2.08. The molecule has 0 aliphatic rings. The molecule has 0 aliphatic carbocycles. The van der Waals surface area contributed by atoms with E-state index in [1.807, 2.05) is 0 Å². The van der Waals surface area contributed by atoms with Gasteiger partial charge in [-0.1, -0.05) is 15.9 Å². The zero-order valence-corrected chi connectivity index (χ0v) is 13.5. The lowest BCUT2D eigenvalue weighted by Crippen LogP contribution is -2.27. The minimum absolute atomic E-state index is 0.0151. The summed E-state index contributed by atoms with van der Waals surface area (Å²) in [7, 11) is 0. The number of rotatable bonds is 5. The Balaban J connectivity index is 1.79. The SMILES string of the molecule is O=C(CCNC(=O)c1ccc(Br)cc1)Nc1ccc(F)c(F)c1. The van der Waals surface area contributed by atoms with Crippen LogP contribution in [0.5, 0.6) is 0 Å². The van der Waals surface area contributed by atoms with Gasteiger partial charge in [-0.2, -0.15) is 0 Å². The van der Waals surface area contributed by atoms with E-state index in [0.29, 0.717) is 5.56 Å². The number of benzene rings is 2. The number of carbonyl (C=O) groups excluding carboxylic acids is 2. The summed E-state index contributed by atoms with van der Waals surface area (Å²) in [5.41, 5.74) is 0.641. The van der Waals surface area contributed by atoms with E-state index in [-0.39, 0.29) is 24.6 Å². The molecule has 120 valence electrons. The molecule has 0 unspecified atom stereocenters. The molecule has 0 saturated heterocycles. The molecule has 2 amide bonds. The summed E-state index contributed by atoms with van der Waals surface area (Å²) < 4.78 is 26.7. The first-order chi connectivity index (χ1) is 11.0. The summed E-state index contributed by atoms with van der Waals surface area (Å²) in [6.45, 7) is 0.129. The second kappa shape index (κ2) is 7.82. The van der Waals surface area contributed by atoms with Crippen LogP contribution >= 0.6 is 15.9 Å². The van der Waals surface area contributed by atoms with E-state index in [1.165, 1.54) is 6.07 Å². The Kier molecular flexibility index (Phi) is 5.81. The molecule has 2 aromatic rings. The summed E-state index contributed by atoms with van der Waals surface area (Å²) in [4.78, 5) is 23.5. The largest absolute Gasteiger partial charge is 0.352 e. The molecule has 0 bridgehead atoms. The topological polar surface area (TPSA) is 58.2 Å². The first kappa shape index (κ1) is 17.1. The first-order valence-electron chi connectivity index (χ1n) is 6.74. The smallest absolute Gasteiger partial charge is 0.251 e. The van der Waals surface area contributed by atoms with Crippen LogP contribution in [0.4, 0.5) is 14.5 Å². The molecule has 2 N–H and O–H groups in total. The van der Waals surface area contributed by atoms with Gasteiger partial charge >= 0.3 is 0 Å². The molecule has 2 rings (SSSR count). The monoisotopic (exact) mass is 382 g/mol. The number of hydrogen-bond acceptors (Lipinski definition) is 2. The van der Waals surface area contributed by atoms with Gasteiger partial charge in [-0.3, -0.25) is 9.59 Å². The molecule has 0 atom stereocenters. The van der Waals surface area contributed by atoms with Crippen LogP contribution in [-0.2, 0) is 4.79 Å². The van der Waals surface area contributed by atoms with Crippen LogP contribution in [0.2, 0.25) is 0 Å². The lowest BCUT2D eigenvalue weighted by atomic mass is 10.2. The maximum Gasteiger partial charge on any atom is 0.251 e. The van der Waals surface area contributed by atoms with Gasteiger partial charge in [0.25, 0.3) is 5.91 Å². The molecule has 0 saturated carbocycles. The predicted molar refractivity (Wildman–Crippen MR) is 86.1 cm³/mol. The first-order valence-corrected chi connectivity index (χ1v) is 7.53. The fourth-order valence-electron chi connectivity index (χ4n) is 1.79. The van der Waals surface area contributed by atoms with Gasteiger partial charge in [0.1, 0.15) is 0 Å². The van der Waals surface area contributed by atoms with Crippen molar-refractivity contribution in [2.24, 2.45) is 0 Å². The van der Waals surface area contributed by atoms with Crippen molar-refractivity contribution in [3.05, 3.63) is 64.1 Å². The molecule has 0 spiro atoms. The van der Waals surface area contributed by atoms with Crippen molar-refractivity contribution < 1.29 is 18.4 Å². The maximum atomic E-state index is 13.0. The van der Waals surface area contributed by atoms with Gasteiger partial charge in [0.05, 0.1) is 0 Å². The number of anilines is 1. The summed E-state index contributed by atoms with van der Waals surface area (Å²) in [5, 5.41) is 5.03. The third-order valence-electron chi connectivity index (χ3n) is 2.95. The number of amides is 2. The number of nitrogens with one attached hydrogen (secondary N) is 2. The molecule has 0 heterocycles. The molecule has 0 aromatic heterocycles. The Morgan fingerprint density at radius 1 is 1.00 bits per heavy atom. The third kappa shape index (κ3) is 5.14. The molecule has 0 fully saturated rings. The highest BCUT2D eigenvalue weighted by molar-refractivity contribution is 9.10. The number of hydrogen-bond donors (Lipinski definition) is 2. The van der Waals surface area contributed by atoms with Crippen molar-refractivity contribution in [1.29, 1.82) is 0 Å². The average molecular weight is 383 g/mol. The third-order valence-corrected chi connectivity index (χ3v) is 3.48. The van der Waals surface area contributed by atoms with Gasteiger partial charge in [0.15, 0.2) is 11.6 Å². The van der Waals surface area contributed by atoms with Gasteiger partial charge < -0.3 is 10.6 Å². The number of carbonyl (C=O) groups is 2. The van der Waals surface area contributed by atoms with Crippen molar-refractivity contribution in [3.63, 3.8) is 0 Å². The van der Waals surface area contributed by atoms with Crippen LogP contribution in [-0.4, -0.2) is 18.4 Å². The van der Waals surface area contributed by atoms with Crippen LogP contribution < -0.4 is 10.6 Å². The normalized spacial score (nSPS) is 10.2. The highest BCUT2D eigenvalue weighted by Crippen LogP contribution is 2.13. The van der Waals surface area contributed by atoms with E-state index >= 15 is 0 Å². The molecule has 4 nitrogen and oxygen atoms in total. The Morgan fingerprint density at radius 2 is 1.70 bits per heavy atom. The van der Waals surface area contributed by atoms with Gasteiger partial charge in [0, 0.05) is 34.8 Å². The lowest BCUT2D eigenvalue weighted by Gasteiger charge is -2.07. The van der Waals surface area contributed by atoms with Crippen molar-refractivity contribution in [3.8, 4) is 0 Å².